The van der Waals surface area contributed by atoms with E-state index in [1.54, 1.807) is 12.1 Å². The zero-order valence-electron chi connectivity index (χ0n) is 16.0. The first-order valence-electron chi connectivity index (χ1n) is 9.09. The Balaban J connectivity index is 2.03. The second-order valence-electron chi connectivity index (χ2n) is 6.60. The van der Waals surface area contributed by atoms with E-state index in [9.17, 15) is 9.00 Å². The zero-order valence-corrected chi connectivity index (χ0v) is 18.3. The highest BCUT2D eigenvalue weighted by Crippen LogP contribution is 2.31. The van der Waals surface area contributed by atoms with E-state index in [1.165, 1.54) is 12.7 Å². The molecule has 0 bridgehead atoms. The molecular weight excluding hydrogens is 417 g/mol. The Kier molecular flexibility index (Phi) is 8.96. The topological polar surface area (TPSA) is 55.4 Å². The van der Waals surface area contributed by atoms with Crippen LogP contribution in [0.5, 0.6) is 0 Å². The molecule has 0 aliphatic carbocycles. The Morgan fingerprint density at radius 1 is 1.11 bits per heavy atom. The molecule has 0 fully saturated rings. The quantitative estimate of drug-likeness (QED) is 0.329. The fraction of sp³-hybridized carbons (Fsp3) is 0.381. The third-order valence-electron chi connectivity index (χ3n) is 4.43. The van der Waals surface area contributed by atoms with E-state index in [0.29, 0.717) is 11.3 Å². The van der Waals surface area contributed by atoms with Gasteiger partial charge in [-0.2, -0.15) is 0 Å². The first kappa shape index (κ1) is 22.9. The number of ether oxygens (including phenoxy) is 1. The lowest BCUT2D eigenvalue weighted by molar-refractivity contribution is -0.142. The number of carbonyl (C=O) groups excluding carboxylic acids is 1. The molecule has 0 aromatic heterocycles. The van der Waals surface area contributed by atoms with E-state index in [0.717, 1.165) is 24.8 Å². The van der Waals surface area contributed by atoms with Crippen LogP contribution in [-0.4, -0.2) is 27.7 Å². The first-order valence-corrected chi connectivity index (χ1v) is 11.0. The van der Waals surface area contributed by atoms with Gasteiger partial charge in [-0.15, -0.1) is 0 Å². The van der Waals surface area contributed by atoms with Gasteiger partial charge in [0.1, 0.15) is 11.0 Å². The molecule has 1 unspecified atom stereocenters. The number of rotatable bonds is 10. The van der Waals surface area contributed by atoms with Crippen LogP contribution in [0.4, 0.5) is 0 Å². The fourth-order valence-corrected chi connectivity index (χ4v) is 4.46. The summed E-state index contributed by atoms with van der Waals surface area (Å²) in [5, 5.41) is 0. The van der Waals surface area contributed by atoms with Gasteiger partial charge in [-0.25, -0.2) is 13.7 Å². The number of carbonyl (C=O) groups is 1. The molecule has 2 aromatic carbocycles. The molecule has 1 N–H and O–H groups in total. The Bertz CT molecular complexity index is 782. The number of alkyl halides is 2. The van der Waals surface area contributed by atoms with Crippen molar-refractivity contribution in [3.63, 3.8) is 0 Å². The van der Waals surface area contributed by atoms with E-state index in [4.69, 9.17) is 27.9 Å². The van der Waals surface area contributed by atoms with E-state index in [-0.39, 0.29) is 0 Å². The van der Waals surface area contributed by atoms with E-state index in [2.05, 4.69) is 16.9 Å². The van der Waals surface area contributed by atoms with Crippen LogP contribution in [0.25, 0.3) is 0 Å². The summed E-state index contributed by atoms with van der Waals surface area (Å²) in [7, 11) is -0.327. The van der Waals surface area contributed by atoms with Crippen molar-refractivity contribution in [2.75, 3.05) is 7.11 Å². The number of halogens is 2. The number of hydrogen-bond acceptors (Lipinski definition) is 3. The van der Waals surface area contributed by atoms with Gasteiger partial charge in [0.05, 0.1) is 18.0 Å². The molecule has 0 saturated heterocycles. The maximum Gasteiger partial charge on any atom is 0.344 e. The Morgan fingerprint density at radius 3 is 2.36 bits per heavy atom. The normalized spacial score (nSPS) is 13.7. The molecule has 0 heterocycles. The summed E-state index contributed by atoms with van der Waals surface area (Å²) in [6.07, 6.45) is 3.04. The van der Waals surface area contributed by atoms with Gasteiger partial charge in [0, 0.05) is 0 Å². The number of unbranched alkanes of at least 4 members (excludes halogenated alkanes) is 1. The van der Waals surface area contributed by atoms with E-state index >= 15 is 0 Å². The SMILES string of the molecule is COC(=O)C(Cl)(Cl)[C@H](CCCCc1ccccc1)NS(=O)c1ccc(C)cc1. The predicted molar refractivity (Wildman–Crippen MR) is 115 cm³/mol. The largest absolute Gasteiger partial charge is 0.467 e. The number of hydrogen-bond donors (Lipinski definition) is 1. The van der Waals surface area contributed by atoms with Crippen LogP contribution in [0.3, 0.4) is 0 Å². The van der Waals surface area contributed by atoms with Crippen LogP contribution < -0.4 is 4.72 Å². The van der Waals surface area contributed by atoms with Crippen molar-refractivity contribution in [1.82, 2.24) is 4.72 Å². The molecule has 2 aromatic rings. The number of esters is 1. The van der Waals surface area contributed by atoms with Crippen LogP contribution >= 0.6 is 23.2 Å². The van der Waals surface area contributed by atoms with Crippen molar-refractivity contribution in [1.29, 1.82) is 0 Å². The predicted octanol–water partition coefficient (Wildman–Crippen LogP) is 4.74. The average Bonchev–Trinajstić information content (AvgIpc) is 2.70. The highest BCUT2D eigenvalue weighted by Gasteiger charge is 2.44. The Morgan fingerprint density at radius 2 is 1.75 bits per heavy atom. The maximum absolute atomic E-state index is 12.7. The first-order chi connectivity index (χ1) is 13.3. The molecule has 4 nitrogen and oxygen atoms in total. The summed E-state index contributed by atoms with van der Waals surface area (Å²) in [6.45, 7) is 1.95. The molecule has 0 aliphatic heterocycles. The van der Waals surface area contributed by atoms with Gasteiger partial charge in [0.15, 0.2) is 0 Å². The Labute approximate surface area is 179 Å². The van der Waals surface area contributed by atoms with Gasteiger partial charge < -0.3 is 4.74 Å². The zero-order chi connectivity index (χ0) is 20.6. The van der Waals surface area contributed by atoms with Crippen LogP contribution in [0, 0.1) is 6.92 Å². The molecule has 0 radical (unpaired) electrons. The van der Waals surface area contributed by atoms with Crippen molar-refractivity contribution < 1.29 is 13.7 Å². The minimum atomic E-state index is -1.83. The molecular formula is C21H25Cl2NO3S. The number of aryl methyl sites for hydroxylation is 2. The molecule has 28 heavy (non-hydrogen) atoms. The summed E-state index contributed by atoms with van der Waals surface area (Å²) in [6, 6.07) is 16.7. The molecule has 0 aliphatic rings. The lowest BCUT2D eigenvalue weighted by Gasteiger charge is -2.28. The minimum absolute atomic E-state index is 0.479. The number of nitrogens with one attached hydrogen (secondary N) is 1. The monoisotopic (exact) mass is 441 g/mol. The number of benzene rings is 2. The van der Waals surface area contributed by atoms with Gasteiger partial charge in [-0.3, -0.25) is 0 Å². The minimum Gasteiger partial charge on any atom is -0.467 e. The molecule has 7 heteroatoms. The van der Waals surface area contributed by atoms with Gasteiger partial charge >= 0.3 is 5.97 Å². The van der Waals surface area contributed by atoms with Crippen molar-refractivity contribution in [2.24, 2.45) is 0 Å². The van der Waals surface area contributed by atoms with Crippen molar-refractivity contribution >= 4 is 40.2 Å². The molecule has 152 valence electrons. The molecule has 0 saturated carbocycles. The van der Waals surface area contributed by atoms with Crippen LogP contribution in [0.15, 0.2) is 59.5 Å². The lowest BCUT2D eigenvalue weighted by Crippen LogP contribution is -2.49. The van der Waals surface area contributed by atoms with Crippen LogP contribution in [0.1, 0.15) is 30.4 Å². The third-order valence-corrected chi connectivity index (χ3v) is 6.46. The summed E-state index contributed by atoms with van der Waals surface area (Å²) in [5.74, 6) is -0.766. The lowest BCUT2D eigenvalue weighted by atomic mass is 10.0. The van der Waals surface area contributed by atoms with Crippen LogP contribution in [-0.2, 0) is 26.9 Å². The Hall–Kier alpha value is -1.40. The van der Waals surface area contributed by atoms with Crippen molar-refractivity contribution in [3.05, 3.63) is 65.7 Å². The highest BCUT2D eigenvalue weighted by atomic mass is 35.5. The second-order valence-corrected chi connectivity index (χ2v) is 9.23. The van der Waals surface area contributed by atoms with E-state index in [1.807, 2.05) is 37.3 Å². The summed E-state index contributed by atoms with van der Waals surface area (Å²) in [5.41, 5.74) is 2.31. The second kappa shape index (κ2) is 11.0. The summed E-state index contributed by atoms with van der Waals surface area (Å²) >= 11 is 12.6. The average molecular weight is 442 g/mol. The highest BCUT2D eigenvalue weighted by molar-refractivity contribution is 7.83. The van der Waals surface area contributed by atoms with Crippen molar-refractivity contribution in [2.45, 2.75) is 47.9 Å². The summed E-state index contributed by atoms with van der Waals surface area (Å²) < 4.78 is 18.5. The van der Waals surface area contributed by atoms with Gasteiger partial charge in [0.25, 0.3) is 0 Å². The smallest absolute Gasteiger partial charge is 0.344 e. The molecule has 2 rings (SSSR count). The van der Waals surface area contributed by atoms with Gasteiger partial charge in [-0.1, -0.05) is 77.7 Å². The maximum atomic E-state index is 12.7. The van der Waals surface area contributed by atoms with Crippen LogP contribution in [0.2, 0.25) is 0 Å². The third kappa shape index (κ3) is 6.59. The molecule has 0 spiro atoms. The van der Waals surface area contributed by atoms with Crippen molar-refractivity contribution in [3.8, 4) is 0 Å². The molecule has 2 atom stereocenters. The van der Waals surface area contributed by atoms with Gasteiger partial charge in [0.2, 0.25) is 4.33 Å². The van der Waals surface area contributed by atoms with E-state index < -0.39 is 27.3 Å². The fourth-order valence-electron chi connectivity index (χ4n) is 2.77. The number of methoxy groups -OCH3 is 1. The van der Waals surface area contributed by atoms with Gasteiger partial charge in [-0.05, 0) is 43.9 Å². The standard InChI is InChI=1S/C21H25Cl2NO3S/c1-16-12-14-18(15-13-16)28(26)24-19(21(22,23)20(25)27-2)11-7-6-10-17-8-4-3-5-9-17/h3-5,8-9,12-15,19,24H,6-7,10-11H2,1-2H3/t19-,28?/m0/s1. The summed E-state index contributed by atoms with van der Waals surface area (Å²) in [4.78, 5) is 12.7. The molecule has 0 amide bonds.